The Labute approximate surface area is 92.5 Å². The van der Waals surface area contributed by atoms with Gasteiger partial charge in [0, 0.05) is 6.42 Å². The monoisotopic (exact) mass is 237 g/mol. The average Bonchev–Trinajstić information content (AvgIpc) is 2.03. The Bertz CT molecular complexity index is 263. The summed E-state index contributed by atoms with van der Waals surface area (Å²) in [4.78, 5) is 0. The summed E-state index contributed by atoms with van der Waals surface area (Å²) in [6, 6.07) is 7.26. The van der Waals surface area contributed by atoms with Crippen LogP contribution >= 0.6 is 34.8 Å². The number of benzene rings is 1. The first kappa shape index (κ1) is 11.0. The molecule has 0 heterocycles. The first-order valence-corrected chi connectivity index (χ1v) is 4.71. The summed E-state index contributed by atoms with van der Waals surface area (Å²) < 4.78 is 3.63. The number of methoxy groups -OCH3 is 1. The second-order valence-corrected chi connectivity index (χ2v) is 4.83. The molecule has 13 heavy (non-hydrogen) atoms. The third kappa shape index (κ3) is 4.08. The summed E-state index contributed by atoms with van der Waals surface area (Å²) >= 11 is 16.8. The van der Waals surface area contributed by atoms with Crippen molar-refractivity contribution in [1.82, 2.24) is 0 Å². The van der Waals surface area contributed by atoms with Gasteiger partial charge in [-0.2, -0.15) is 0 Å². The Balaban J connectivity index is 2.70. The van der Waals surface area contributed by atoms with Crippen LogP contribution in [0.2, 0.25) is 0 Å². The highest BCUT2D eigenvalue weighted by Gasteiger charge is 2.20. The topological polar surface area (TPSA) is 9.23 Å². The van der Waals surface area contributed by atoms with Crippen LogP contribution in [0.15, 0.2) is 24.3 Å². The molecule has 0 aliphatic rings. The van der Waals surface area contributed by atoms with E-state index in [4.69, 9.17) is 39.5 Å². The summed E-state index contributed by atoms with van der Waals surface area (Å²) in [5.74, 6) is 0.779. The fourth-order valence-corrected chi connectivity index (χ4v) is 1.27. The first-order valence-electron chi connectivity index (χ1n) is 3.58. The maximum atomic E-state index is 5.59. The highest BCUT2D eigenvalue weighted by molar-refractivity contribution is 6.68. The maximum Gasteiger partial charge on any atom is 0.198 e. The van der Waals surface area contributed by atoms with Gasteiger partial charge in [-0.25, -0.2) is 0 Å². The molecule has 0 fully saturated rings. The van der Waals surface area contributed by atoms with Crippen molar-refractivity contribution in [3.8, 4) is 5.75 Å². The Hall–Kier alpha value is -0.110. The van der Waals surface area contributed by atoms with Gasteiger partial charge in [0.25, 0.3) is 0 Å². The van der Waals surface area contributed by atoms with E-state index < -0.39 is 3.79 Å². The quantitative estimate of drug-likeness (QED) is 0.715. The molecule has 0 aromatic heterocycles. The summed E-state index contributed by atoms with van der Waals surface area (Å²) in [6.45, 7) is 0. The van der Waals surface area contributed by atoms with E-state index in [0.29, 0.717) is 0 Å². The van der Waals surface area contributed by atoms with E-state index in [0.717, 1.165) is 11.3 Å². The number of ether oxygens (including phenoxy) is 1. The SMILES string of the molecule is COc1ccc([CH]C(Cl)(Cl)Cl)cc1. The van der Waals surface area contributed by atoms with Crippen LogP contribution in [0.1, 0.15) is 5.56 Å². The molecule has 0 unspecified atom stereocenters. The van der Waals surface area contributed by atoms with Gasteiger partial charge < -0.3 is 4.74 Å². The van der Waals surface area contributed by atoms with Gasteiger partial charge in [-0.15, -0.1) is 0 Å². The van der Waals surface area contributed by atoms with Crippen LogP contribution in [0.3, 0.4) is 0 Å². The van der Waals surface area contributed by atoms with Crippen LogP contribution in [-0.2, 0) is 0 Å². The minimum Gasteiger partial charge on any atom is -0.497 e. The molecule has 1 aromatic rings. The van der Waals surface area contributed by atoms with Gasteiger partial charge in [0.2, 0.25) is 0 Å². The minimum atomic E-state index is -1.35. The zero-order valence-corrected chi connectivity index (χ0v) is 9.20. The molecule has 0 saturated heterocycles. The Morgan fingerprint density at radius 3 is 2.08 bits per heavy atom. The van der Waals surface area contributed by atoms with E-state index in [1.807, 2.05) is 24.3 Å². The third-order valence-electron chi connectivity index (χ3n) is 1.45. The van der Waals surface area contributed by atoms with E-state index in [9.17, 15) is 0 Å². The predicted octanol–water partition coefficient (Wildman–Crippen LogP) is 3.62. The Morgan fingerprint density at radius 2 is 1.69 bits per heavy atom. The van der Waals surface area contributed by atoms with E-state index >= 15 is 0 Å². The van der Waals surface area contributed by atoms with Crippen molar-refractivity contribution in [3.63, 3.8) is 0 Å². The van der Waals surface area contributed by atoms with Gasteiger partial charge in [-0.05, 0) is 17.7 Å². The van der Waals surface area contributed by atoms with Gasteiger partial charge in [-0.1, -0.05) is 46.9 Å². The molecule has 0 aliphatic heterocycles. The molecule has 0 aliphatic carbocycles. The lowest BCUT2D eigenvalue weighted by Crippen LogP contribution is -2.03. The molecule has 1 nitrogen and oxygen atoms in total. The molecule has 1 radical (unpaired) electrons. The maximum absolute atomic E-state index is 5.59. The van der Waals surface area contributed by atoms with Crippen molar-refractivity contribution in [2.45, 2.75) is 3.79 Å². The zero-order chi connectivity index (χ0) is 9.90. The molecule has 0 amide bonds. The zero-order valence-electron chi connectivity index (χ0n) is 6.93. The van der Waals surface area contributed by atoms with Crippen LogP contribution in [0.5, 0.6) is 5.75 Å². The summed E-state index contributed by atoms with van der Waals surface area (Å²) in [7, 11) is 1.60. The number of alkyl halides is 3. The molecule has 71 valence electrons. The Kier molecular flexibility index (Phi) is 3.72. The largest absolute Gasteiger partial charge is 0.497 e. The van der Waals surface area contributed by atoms with Gasteiger partial charge in [-0.3, -0.25) is 0 Å². The van der Waals surface area contributed by atoms with E-state index in [2.05, 4.69) is 0 Å². The summed E-state index contributed by atoms with van der Waals surface area (Å²) in [5, 5.41) is 0. The smallest absolute Gasteiger partial charge is 0.198 e. The van der Waals surface area contributed by atoms with Crippen molar-refractivity contribution in [2.75, 3.05) is 7.11 Å². The molecule has 4 heteroatoms. The second-order valence-electron chi connectivity index (χ2n) is 2.46. The minimum absolute atomic E-state index is 0.779. The molecule has 0 atom stereocenters. The highest BCUT2D eigenvalue weighted by Crippen LogP contribution is 2.32. The Morgan fingerprint density at radius 1 is 1.15 bits per heavy atom. The fraction of sp³-hybridized carbons (Fsp3) is 0.222. The van der Waals surface area contributed by atoms with Gasteiger partial charge in [0.1, 0.15) is 5.75 Å². The van der Waals surface area contributed by atoms with Gasteiger partial charge >= 0.3 is 0 Å². The van der Waals surface area contributed by atoms with Crippen molar-refractivity contribution in [3.05, 3.63) is 36.2 Å². The highest BCUT2D eigenvalue weighted by atomic mass is 35.6. The van der Waals surface area contributed by atoms with E-state index in [1.165, 1.54) is 6.42 Å². The molecule has 0 bridgehead atoms. The van der Waals surface area contributed by atoms with Crippen molar-refractivity contribution < 1.29 is 4.74 Å². The first-order chi connectivity index (χ1) is 6.01. The molecule has 1 rings (SSSR count). The summed E-state index contributed by atoms with van der Waals surface area (Å²) in [6.07, 6.45) is 1.54. The van der Waals surface area contributed by atoms with E-state index in [-0.39, 0.29) is 0 Å². The number of hydrogen-bond acceptors (Lipinski definition) is 1. The fourth-order valence-electron chi connectivity index (χ4n) is 0.889. The van der Waals surface area contributed by atoms with Crippen LogP contribution in [0.4, 0.5) is 0 Å². The molecule has 0 spiro atoms. The van der Waals surface area contributed by atoms with Crippen LogP contribution in [-0.4, -0.2) is 10.9 Å². The van der Waals surface area contributed by atoms with E-state index in [1.54, 1.807) is 7.11 Å². The van der Waals surface area contributed by atoms with Crippen molar-refractivity contribution in [1.29, 1.82) is 0 Å². The second kappa shape index (κ2) is 4.41. The lowest BCUT2D eigenvalue weighted by molar-refractivity contribution is 0.414. The standard InChI is InChI=1S/C9H8Cl3O/c1-13-8-4-2-7(3-5-8)6-9(10,11)12/h2-6H,1H3. The lowest BCUT2D eigenvalue weighted by atomic mass is 10.2. The van der Waals surface area contributed by atoms with Gasteiger partial charge in [0.15, 0.2) is 3.79 Å². The lowest BCUT2D eigenvalue weighted by Gasteiger charge is -2.09. The van der Waals surface area contributed by atoms with Gasteiger partial charge in [0.05, 0.1) is 7.11 Å². The number of hydrogen-bond donors (Lipinski definition) is 0. The molecular formula is C9H8Cl3O. The molecule has 0 N–H and O–H groups in total. The molecule has 0 saturated carbocycles. The van der Waals surface area contributed by atoms with Crippen LogP contribution in [0.25, 0.3) is 0 Å². The third-order valence-corrected chi connectivity index (χ3v) is 1.77. The summed E-state index contributed by atoms with van der Waals surface area (Å²) in [5.41, 5.74) is 0.848. The van der Waals surface area contributed by atoms with Crippen LogP contribution < -0.4 is 4.74 Å². The number of rotatable bonds is 2. The van der Waals surface area contributed by atoms with Crippen molar-refractivity contribution in [2.24, 2.45) is 0 Å². The predicted molar refractivity (Wildman–Crippen MR) is 56.7 cm³/mol. The van der Waals surface area contributed by atoms with Crippen molar-refractivity contribution >= 4 is 34.8 Å². The number of halogens is 3. The average molecular weight is 239 g/mol. The molecule has 1 aromatic carbocycles. The normalized spacial score (nSPS) is 11.4. The molecular weight excluding hydrogens is 230 g/mol. The van der Waals surface area contributed by atoms with Crippen LogP contribution in [0, 0.1) is 6.42 Å².